The number of amides is 1. The van der Waals surface area contributed by atoms with Gasteiger partial charge in [-0.15, -0.1) is 0 Å². The molecule has 3 aromatic rings. The number of nitrogens with one attached hydrogen (secondary N) is 2. The third-order valence-corrected chi connectivity index (χ3v) is 6.55. The first kappa shape index (κ1) is 20.2. The third-order valence-electron chi connectivity index (χ3n) is 6.55. The minimum atomic E-state index is -1.38. The summed E-state index contributed by atoms with van der Waals surface area (Å²) in [6.45, 7) is 1.60. The summed E-state index contributed by atoms with van der Waals surface area (Å²) in [6, 6.07) is 18.0. The maximum Gasteiger partial charge on any atom is 0.329 e. The number of benzene rings is 2. The number of aliphatic carboxylic acids is 1. The van der Waals surface area contributed by atoms with E-state index in [1.807, 2.05) is 48.7 Å². The van der Waals surface area contributed by atoms with E-state index in [2.05, 4.69) is 22.4 Å². The fourth-order valence-corrected chi connectivity index (χ4v) is 4.90. The number of carbonyl (C=O) groups excluding carboxylic acids is 1. The van der Waals surface area contributed by atoms with Crippen molar-refractivity contribution in [3.63, 3.8) is 0 Å². The number of carboxylic acids is 1. The first-order valence-corrected chi connectivity index (χ1v) is 10.6. The zero-order valence-corrected chi connectivity index (χ0v) is 17.3. The molecule has 1 heterocycles. The Morgan fingerprint density at radius 2 is 1.73 bits per heavy atom. The predicted molar refractivity (Wildman–Crippen MR) is 117 cm³/mol. The van der Waals surface area contributed by atoms with E-state index in [9.17, 15) is 14.7 Å². The van der Waals surface area contributed by atoms with E-state index >= 15 is 0 Å². The molecule has 1 fully saturated rings. The van der Waals surface area contributed by atoms with Crippen LogP contribution < -0.4 is 5.32 Å². The monoisotopic (exact) mass is 404 g/mol. The van der Waals surface area contributed by atoms with Gasteiger partial charge in [-0.2, -0.15) is 0 Å². The van der Waals surface area contributed by atoms with E-state index in [0.717, 1.165) is 42.1 Å². The second kappa shape index (κ2) is 7.98. The van der Waals surface area contributed by atoms with Crippen LogP contribution >= 0.6 is 0 Å². The van der Waals surface area contributed by atoms with Crippen LogP contribution in [0.3, 0.4) is 0 Å². The van der Waals surface area contributed by atoms with E-state index in [1.54, 1.807) is 6.92 Å². The summed E-state index contributed by atoms with van der Waals surface area (Å²) in [4.78, 5) is 28.5. The maximum absolute atomic E-state index is 13.1. The van der Waals surface area contributed by atoms with Crippen LogP contribution in [0.25, 0.3) is 10.9 Å². The summed E-state index contributed by atoms with van der Waals surface area (Å²) in [6.07, 6.45) is 6.46. The van der Waals surface area contributed by atoms with Gasteiger partial charge in [-0.1, -0.05) is 61.4 Å². The number of carboxylic acid groups (broad SMARTS) is 1. The molecular weight excluding hydrogens is 376 g/mol. The second-order valence-corrected chi connectivity index (χ2v) is 8.75. The van der Waals surface area contributed by atoms with Gasteiger partial charge in [0, 0.05) is 35.4 Å². The fraction of sp³-hybridized carbons (Fsp3) is 0.360. The standard InChI is InChI=1S/C25H28N2O3/c1-24(23(29)30,15-18-17-26-21-12-6-5-11-20(18)21)27-22(28)16-25(13-7-8-14-25)19-9-3-2-4-10-19/h2-6,9-12,17,26H,7-8,13-16H2,1H3,(H,27,28)(H,29,30)/t24-/m1/s1. The molecule has 0 bridgehead atoms. The number of para-hydroxylation sites is 1. The van der Waals surface area contributed by atoms with Crippen LogP contribution in [0.2, 0.25) is 0 Å². The van der Waals surface area contributed by atoms with Crippen molar-refractivity contribution in [3.8, 4) is 0 Å². The topological polar surface area (TPSA) is 82.2 Å². The Kier molecular flexibility index (Phi) is 5.37. The molecule has 1 saturated carbocycles. The molecular formula is C25H28N2O3. The van der Waals surface area contributed by atoms with Crippen molar-refractivity contribution in [1.82, 2.24) is 10.3 Å². The van der Waals surface area contributed by atoms with Crippen molar-refractivity contribution < 1.29 is 14.7 Å². The van der Waals surface area contributed by atoms with Gasteiger partial charge in [0.1, 0.15) is 5.54 Å². The Morgan fingerprint density at radius 1 is 1.07 bits per heavy atom. The number of rotatable bonds is 7. The molecule has 5 nitrogen and oxygen atoms in total. The minimum absolute atomic E-state index is 0.203. The molecule has 30 heavy (non-hydrogen) atoms. The molecule has 156 valence electrons. The predicted octanol–water partition coefficient (Wildman–Crippen LogP) is 4.57. The second-order valence-electron chi connectivity index (χ2n) is 8.75. The highest BCUT2D eigenvalue weighted by atomic mass is 16.4. The van der Waals surface area contributed by atoms with E-state index in [4.69, 9.17) is 0 Å². The molecule has 0 spiro atoms. The van der Waals surface area contributed by atoms with E-state index in [0.29, 0.717) is 6.42 Å². The molecule has 5 heteroatoms. The highest BCUT2D eigenvalue weighted by Gasteiger charge is 2.41. The number of hydrogen-bond donors (Lipinski definition) is 3. The van der Waals surface area contributed by atoms with Crippen LogP contribution in [0.5, 0.6) is 0 Å². The average molecular weight is 405 g/mol. The van der Waals surface area contributed by atoms with E-state index in [1.165, 1.54) is 5.56 Å². The highest BCUT2D eigenvalue weighted by Crippen LogP contribution is 2.43. The highest BCUT2D eigenvalue weighted by molar-refractivity contribution is 5.89. The van der Waals surface area contributed by atoms with Gasteiger partial charge in [0.05, 0.1) is 0 Å². The van der Waals surface area contributed by atoms with Crippen LogP contribution in [-0.4, -0.2) is 27.5 Å². The molecule has 1 amide bonds. The minimum Gasteiger partial charge on any atom is -0.480 e. The fourth-order valence-electron chi connectivity index (χ4n) is 4.90. The van der Waals surface area contributed by atoms with Gasteiger partial charge in [-0.25, -0.2) is 4.79 Å². The first-order chi connectivity index (χ1) is 14.4. The van der Waals surface area contributed by atoms with Crippen molar-refractivity contribution in [2.75, 3.05) is 0 Å². The lowest BCUT2D eigenvalue weighted by Gasteiger charge is -2.32. The summed E-state index contributed by atoms with van der Waals surface area (Å²) < 4.78 is 0. The molecule has 0 aliphatic heterocycles. The first-order valence-electron chi connectivity index (χ1n) is 10.6. The molecule has 4 rings (SSSR count). The van der Waals surface area contributed by atoms with Crippen LogP contribution in [0.4, 0.5) is 0 Å². The van der Waals surface area contributed by atoms with Gasteiger partial charge in [-0.05, 0) is 37.0 Å². The van der Waals surface area contributed by atoms with Crippen LogP contribution in [-0.2, 0) is 21.4 Å². The summed E-state index contributed by atoms with van der Waals surface area (Å²) in [5.41, 5.74) is 1.44. The molecule has 0 unspecified atom stereocenters. The number of aromatic nitrogens is 1. The summed E-state index contributed by atoms with van der Waals surface area (Å²) >= 11 is 0. The molecule has 1 aromatic heterocycles. The van der Waals surface area contributed by atoms with Crippen molar-refractivity contribution >= 4 is 22.8 Å². The van der Waals surface area contributed by atoms with Gasteiger partial charge in [0.15, 0.2) is 0 Å². The number of hydrogen-bond acceptors (Lipinski definition) is 2. The molecule has 1 aliphatic rings. The Morgan fingerprint density at radius 3 is 2.43 bits per heavy atom. The van der Waals surface area contributed by atoms with E-state index < -0.39 is 11.5 Å². The lowest BCUT2D eigenvalue weighted by molar-refractivity contribution is -0.147. The Balaban J connectivity index is 1.55. The number of carbonyl (C=O) groups is 2. The molecule has 2 aromatic carbocycles. The number of fused-ring (bicyclic) bond motifs is 1. The largest absolute Gasteiger partial charge is 0.480 e. The summed E-state index contributed by atoms with van der Waals surface area (Å²) in [7, 11) is 0. The van der Waals surface area contributed by atoms with Crippen molar-refractivity contribution in [2.45, 2.75) is 56.4 Å². The third kappa shape index (κ3) is 3.84. The molecule has 1 atom stereocenters. The number of H-pyrrole nitrogens is 1. The van der Waals surface area contributed by atoms with Crippen molar-refractivity contribution in [2.24, 2.45) is 0 Å². The molecule has 0 radical (unpaired) electrons. The maximum atomic E-state index is 13.1. The van der Waals surface area contributed by atoms with Gasteiger partial charge in [-0.3, -0.25) is 4.79 Å². The Labute approximate surface area is 176 Å². The lowest BCUT2D eigenvalue weighted by atomic mass is 9.75. The van der Waals surface area contributed by atoms with Crippen LogP contribution in [0.15, 0.2) is 60.8 Å². The Hall–Kier alpha value is -3.08. The van der Waals surface area contributed by atoms with Crippen LogP contribution in [0.1, 0.15) is 50.2 Å². The normalized spacial score (nSPS) is 17.5. The molecule has 0 saturated heterocycles. The van der Waals surface area contributed by atoms with Gasteiger partial charge >= 0.3 is 5.97 Å². The Bertz CT molecular complexity index is 1050. The molecule has 1 aliphatic carbocycles. The van der Waals surface area contributed by atoms with Gasteiger partial charge in [0.25, 0.3) is 0 Å². The number of aromatic amines is 1. The molecule has 3 N–H and O–H groups in total. The smallest absolute Gasteiger partial charge is 0.329 e. The zero-order valence-electron chi connectivity index (χ0n) is 17.3. The van der Waals surface area contributed by atoms with Gasteiger partial charge < -0.3 is 15.4 Å². The van der Waals surface area contributed by atoms with Crippen molar-refractivity contribution in [1.29, 1.82) is 0 Å². The zero-order chi connectivity index (χ0) is 21.2. The summed E-state index contributed by atoms with van der Waals surface area (Å²) in [5.74, 6) is -1.23. The average Bonchev–Trinajstić information content (AvgIpc) is 3.37. The van der Waals surface area contributed by atoms with Crippen molar-refractivity contribution in [3.05, 3.63) is 71.9 Å². The van der Waals surface area contributed by atoms with Crippen LogP contribution in [0, 0.1) is 0 Å². The van der Waals surface area contributed by atoms with E-state index in [-0.39, 0.29) is 17.7 Å². The van der Waals surface area contributed by atoms with Gasteiger partial charge in [0.2, 0.25) is 5.91 Å². The quantitative estimate of drug-likeness (QED) is 0.539. The lowest BCUT2D eigenvalue weighted by Crippen LogP contribution is -2.54. The SMILES string of the molecule is C[C@](Cc1c[nH]c2ccccc12)(NC(=O)CC1(c2ccccc2)CCCC1)C(=O)O. The summed E-state index contributed by atoms with van der Waals surface area (Å²) in [5, 5.41) is 13.8.